The second-order valence-corrected chi connectivity index (χ2v) is 6.49. The van der Waals surface area contributed by atoms with Crippen LogP contribution in [0, 0.1) is 30.9 Å². The largest absolute Gasteiger partial charge is 0.358 e. The number of benzene rings is 2. The van der Waals surface area contributed by atoms with Crippen molar-refractivity contribution >= 4 is 22.5 Å². The van der Waals surface area contributed by atoms with Crippen LogP contribution in [0.3, 0.4) is 0 Å². The third-order valence-corrected chi connectivity index (χ3v) is 4.69. The van der Waals surface area contributed by atoms with Crippen molar-refractivity contribution in [2.45, 2.75) is 27.2 Å². The van der Waals surface area contributed by atoms with Crippen molar-refractivity contribution in [1.29, 1.82) is 0 Å². The molecule has 0 fully saturated rings. The standard InChI is InChI=1S/C20H21N3O3/c1-12-7-8-15(11-18(12)23(25)26)20(24)21-10-9-16-14(3)22-19-13(2)5-4-6-17(16)19/h4-8,11,22H,9-10H2,1-3H3,(H,21,24). The van der Waals surface area contributed by atoms with Gasteiger partial charge in [0, 0.05) is 40.3 Å². The Bertz CT molecular complexity index is 1000. The Kier molecular flexibility index (Phi) is 4.75. The summed E-state index contributed by atoms with van der Waals surface area (Å²) in [5.41, 5.74) is 5.38. The topological polar surface area (TPSA) is 88.0 Å². The lowest BCUT2D eigenvalue weighted by molar-refractivity contribution is -0.385. The highest BCUT2D eigenvalue weighted by Gasteiger charge is 2.15. The molecule has 0 spiro atoms. The lowest BCUT2D eigenvalue weighted by Gasteiger charge is -2.07. The molecule has 1 amide bonds. The van der Waals surface area contributed by atoms with Crippen LogP contribution in [-0.2, 0) is 6.42 Å². The zero-order valence-corrected chi connectivity index (χ0v) is 15.1. The van der Waals surface area contributed by atoms with Crippen LogP contribution in [0.25, 0.3) is 10.9 Å². The van der Waals surface area contributed by atoms with Gasteiger partial charge in [-0.3, -0.25) is 14.9 Å². The predicted molar refractivity (Wildman–Crippen MR) is 102 cm³/mol. The summed E-state index contributed by atoms with van der Waals surface area (Å²) in [6, 6.07) is 10.7. The molecule has 2 N–H and O–H groups in total. The van der Waals surface area contributed by atoms with Crippen molar-refractivity contribution in [3.8, 4) is 0 Å². The zero-order chi connectivity index (χ0) is 18.8. The molecule has 1 aromatic heterocycles. The van der Waals surface area contributed by atoms with Crippen LogP contribution < -0.4 is 5.32 Å². The van der Waals surface area contributed by atoms with E-state index in [1.165, 1.54) is 22.6 Å². The molecule has 0 atom stereocenters. The Hall–Kier alpha value is -3.15. The fourth-order valence-electron chi connectivity index (χ4n) is 3.22. The molecule has 3 rings (SSSR count). The molecule has 3 aromatic rings. The van der Waals surface area contributed by atoms with E-state index in [1.807, 2.05) is 13.0 Å². The number of hydrogen-bond donors (Lipinski definition) is 2. The molecule has 0 aliphatic heterocycles. The number of H-pyrrole nitrogens is 1. The van der Waals surface area contributed by atoms with Gasteiger partial charge < -0.3 is 10.3 Å². The third kappa shape index (κ3) is 3.31. The summed E-state index contributed by atoms with van der Waals surface area (Å²) in [5.74, 6) is -0.304. The maximum Gasteiger partial charge on any atom is 0.273 e. The van der Waals surface area contributed by atoms with Gasteiger partial charge in [0.25, 0.3) is 11.6 Å². The average molecular weight is 351 g/mol. The van der Waals surface area contributed by atoms with Crippen molar-refractivity contribution < 1.29 is 9.72 Å². The van der Waals surface area contributed by atoms with Gasteiger partial charge in [-0.25, -0.2) is 0 Å². The lowest BCUT2D eigenvalue weighted by Crippen LogP contribution is -2.25. The van der Waals surface area contributed by atoms with Crippen LogP contribution in [0.2, 0.25) is 0 Å². The molecule has 0 saturated heterocycles. The second kappa shape index (κ2) is 7.00. The third-order valence-electron chi connectivity index (χ3n) is 4.69. The molecule has 6 heteroatoms. The van der Waals surface area contributed by atoms with Crippen molar-refractivity contribution in [2.24, 2.45) is 0 Å². The molecule has 0 radical (unpaired) electrons. The van der Waals surface area contributed by atoms with Gasteiger partial charge >= 0.3 is 0 Å². The molecule has 134 valence electrons. The summed E-state index contributed by atoms with van der Waals surface area (Å²) in [6.07, 6.45) is 0.689. The van der Waals surface area contributed by atoms with Crippen molar-refractivity contribution in [2.75, 3.05) is 6.54 Å². The minimum atomic E-state index is -0.469. The number of nitrogens with one attached hydrogen (secondary N) is 2. The highest BCUT2D eigenvalue weighted by molar-refractivity contribution is 5.95. The van der Waals surface area contributed by atoms with Crippen LogP contribution in [0.5, 0.6) is 0 Å². The Labute approximate surface area is 151 Å². The first-order valence-corrected chi connectivity index (χ1v) is 8.48. The van der Waals surface area contributed by atoms with E-state index in [0.717, 1.165) is 11.2 Å². The van der Waals surface area contributed by atoms with E-state index in [2.05, 4.69) is 29.4 Å². The van der Waals surface area contributed by atoms with Gasteiger partial charge in [0.15, 0.2) is 0 Å². The number of hydrogen-bond acceptors (Lipinski definition) is 3. The van der Waals surface area contributed by atoms with Crippen LogP contribution >= 0.6 is 0 Å². The molecular formula is C20H21N3O3. The number of carbonyl (C=O) groups is 1. The number of rotatable bonds is 5. The number of amides is 1. The molecule has 1 heterocycles. The average Bonchev–Trinajstić information content (AvgIpc) is 2.92. The fraction of sp³-hybridized carbons (Fsp3) is 0.250. The highest BCUT2D eigenvalue weighted by atomic mass is 16.6. The van der Waals surface area contributed by atoms with Crippen molar-refractivity contribution in [3.05, 3.63) is 74.5 Å². The van der Waals surface area contributed by atoms with Crippen LogP contribution in [0.4, 0.5) is 5.69 Å². The smallest absolute Gasteiger partial charge is 0.273 e. The second-order valence-electron chi connectivity index (χ2n) is 6.49. The molecule has 0 saturated carbocycles. The summed E-state index contributed by atoms with van der Waals surface area (Å²) in [5, 5.41) is 15.0. The first-order chi connectivity index (χ1) is 12.4. The van der Waals surface area contributed by atoms with Gasteiger partial charge in [-0.05, 0) is 44.4 Å². The molecule has 6 nitrogen and oxygen atoms in total. The van der Waals surface area contributed by atoms with Gasteiger partial charge in [0.05, 0.1) is 4.92 Å². The van der Waals surface area contributed by atoms with E-state index in [9.17, 15) is 14.9 Å². The Balaban J connectivity index is 1.72. The Morgan fingerprint density at radius 3 is 2.65 bits per heavy atom. The maximum atomic E-state index is 12.3. The summed E-state index contributed by atoms with van der Waals surface area (Å²) in [4.78, 5) is 26.3. The number of nitro benzene ring substituents is 1. The van der Waals surface area contributed by atoms with Gasteiger partial charge in [0.1, 0.15) is 0 Å². The number of aromatic amines is 1. The number of nitro groups is 1. The summed E-state index contributed by atoms with van der Waals surface area (Å²) in [7, 11) is 0. The number of aromatic nitrogens is 1. The molecule has 0 aliphatic rings. The maximum absolute atomic E-state index is 12.3. The monoisotopic (exact) mass is 351 g/mol. The summed E-state index contributed by atoms with van der Waals surface area (Å²) < 4.78 is 0. The molecule has 26 heavy (non-hydrogen) atoms. The summed E-state index contributed by atoms with van der Waals surface area (Å²) in [6.45, 7) is 6.21. The van der Waals surface area contributed by atoms with Gasteiger partial charge in [-0.15, -0.1) is 0 Å². The molecule has 0 bridgehead atoms. The fourth-order valence-corrected chi connectivity index (χ4v) is 3.22. The molecular weight excluding hydrogens is 330 g/mol. The molecule has 0 aliphatic carbocycles. The quantitative estimate of drug-likeness (QED) is 0.538. The Morgan fingerprint density at radius 2 is 1.92 bits per heavy atom. The van der Waals surface area contributed by atoms with Gasteiger partial charge in [-0.1, -0.05) is 24.3 Å². The first kappa shape index (κ1) is 17.7. The van der Waals surface area contributed by atoms with E-state index >= 15 is 0 Å². The minimum absolute atomic E-state index is 0.0411. The van der Waals surface area contributed by atoms with E-state index in [-0.39, 0.29) is 11.6 Å². The normalized spacial score (nSPS) is 10.9. The van der Waals surface area contributed by atoms with Crippen molar-refractivity contribution in [1.82, 2.24) is 10.3 Å². The number of nitrogens with zero attached hydrogens (tertiary/aromatic N) is 1. The van der Waals surface area contributed by atoms with Crippen LogP contribution in [-0.4, -0.2) is 22.4 Å². The summed E-state index contributed by atoms with van der Waals surface area (Å²) >= 11 is 0. The minimum Gasteiger partial charge on any atom is -0.358 e. The highest BCUT2D eigenvalue weighted by Crippen LogP contribution is 2.25. The number of fused-ring (bicyclic) bond motifs is 1. The Morgan fingerprint density at radius 1 is 1.15 bits per heavy atom. The predicted octanol–water partition coefficient (Wildman–Crippen LogP) is 3.97. The van der Waals surface area contributed by atoms with Crippen LogP contribution in [0.15, 0.2) is 36.4 Å². The lowest BCUT2D eigenvalue weighted by atomic mass is 10.1. The number of aryl methyl sites for hydroxylation is 3. The molecule has 0 unspecified atom stereocenters. The SMILES string of the molecule is Cc1ccc(C(=O)NCCc2c(C)[nH]c3c(C)cccc23)cc1[N+](=O)[O-]. The number of carbonyl (C=O) groups excluding carboxylic acids is 1. The first-order valence-electron chi connectivity index (χ1n) is 8.48. The van der Waals surface area contributed by atoms with E-state index in [4.69, 9.17) is 0 Å². The van der Waals surface area contributed by atoms with E-state index in [0.29, 0.717) is 24.1 Å². The van der Waals surface area contributed by atoms with Crippen LogP contribution in [0.1, 0.15) is 32.7 Å². The van der Waals surface area contributed by atoms with E-state index in [1.54, 1.807) is 19.1 Å². The van der Waals surface area contributed by atoms with Crippen molar-refractivity contribution in [3.63, 3.8) is 0 Å². The number of para-hydroxylation sites is 1. The molecule has 2 aromatic carbocycles. The van der Waals surface area contributed by atoms with E-state index < -0.39 is 4.92 Å². The van der Waals surface area contributed by atoms with Gasteiger partial charge in [-0.2, -0.15) is 0 Å². The van der Waals surface area contributed by atoms with Gasteiger partial charge in [0.2, 0.25) is 0 Å². The zero-order valence-electron chi connectivity index (χ0n) is 15.1.